The Balaban J connectivity index is 1.82. The van der Waals surface area contributed by atoms with Crippen LogP contribution in [0.2, 0.25) is 0 Å². The maximum Gasteiger partial charge on any atom is 0.459 e. The van der Waals surface area contributed by atoms with Crippen LogP contribution in [-0.2, 0) is 35.5 Å². The smallest absolute Gasteiger partial charge is 0.459 e. The number of nitrogens with one attached hydrogen (secondary N) is 1. The number of pyridine rings is 1. The minimum Gasteiger partial charge on any atom is -0.465 e. The number of imidazole rings is 1. The fourth-order valence-electron chi connectivity index (χ4n) is 5.02. The number of carbonyl (C=O) groups is 1. The number of unbranched alkanes of at least 4 members (excludes halogenated alkanes) is 1. The molecule has 3 N–H and O–H groups in total. The first kappa shape index (κ1) is 32.4. The molecule has 2 aromatic heterocycles. The average Bonchev–Trinajstić information content (AvgIpc) is 3.40. The summed E-state index contributed by atoms with van der Waals surface area (Å²) in [5.74, 6) is 0.730. The zero-order valence-electron chi connectivity index (χ0n) is 25.5. The second-order valence-electron chi connectivity index (χ2n) is 10.6. The number of carbonyl (C=O) groups excluding carboxylic acids is 1. The predicted molar refractivity (Wildman–Crippen MR) is 168 cm³/mol. The number of para-hydroxylation sites is 2. The molecular weight excluding hydrogens is 569 g/mol. The molecule has 3 atom stereocenters. The van der Waals surface area contributed by atoms with E-state index in [1.165, 1.54) is 0 Å². The fourth-order valence-corrected chi connectivity index (χ4v) is 6.62. The molecule has 2 aromatic carbocycles. The maximum absolute atomic E-state index is 14.3. The fraction of sp³-hybridized carbons (Fsp3) is 0.452. The number of hydrogen-bond donors (Lipinski definition) is 2. The van der Waals surface area contributed by atoms with Gasteiger partial charge in [-0.1, -0.05) is 56.2 Å². The third kappa shape index (κ3) is 7.54. The maximum atomic E-state index is 14.3. The Kier molecular flexibility index (Phi) is 10.8. The number of fused-ring (bicyclic) bond motifs is 3. The van der Waals surface area contributed by atoms with Crippen molar-refractivity contribution in [1.29, 1.82) is 0 Å². The first-order valence-corrected chi connectivity index (χ1v) is 16.3. The molecule has 0 unspecified atom stereocenters. The first-order chi connectivity index (χ1) is 20.6. The number of nitrogen functional groups attached to an aromatic ring is 1. The van der Waals surface area contributed by atoms with E-state index in [9.17, 15) is 9.36 Å². The lowest BCUT2D eigenvalue weighted by molar-refractivity contribution is -0.144. The Hall–Kier alpha value is -3.50. The van der Waals surface area contributed by atoms with Gasteiger partial charge in [-0.3, -0.25) is 9.32 Å². The van der Waals surface area contributed by atoms with Crippen molar-refractivity contribution < 1.29 is 27.9 Å². The van der Waals surface area contributed by atoms with Crippen molar-refractivity contribution in [2.45, 2.75) is 72.1 Å². The van der Waals surface area contributed by atoms with Crippen LogP contribution in [0.4, 0.5) is 5.82 Å². The third-order valence-corrected chi connectivity index (χ3v) is 8.76. The molecule has 0 radical (unpaired) electrons. The molecule has 0 saturated heterocycles. The van der Waals surface area contributed by atoms with E-state index < -0.39 is 25.3 Å². The molecule has 43 heavy (non-hydrogen) atoms. The van der Waals surface area contributed by atoms with Gasteiger partial charge < -0.3 is 24.3 Å². The molecule has 0 aliphatic rings. The Morgan fingerprint density at radius 1 is 1.07 bits per heavy atom. The molecular formula is C31H42N5O6P. The van der Waals surface area contributed by atoms with E-state index in [1.54, 1.807) is 38.1 Å². The Bertz CT molecular complexity index is 1580. The van der Waals surface area contributed by atoms with Crippen LogP contribution in [0, 0.1) is 0 Å². The van der Waals surface area contributed by atoms with Crippen LogP contribution < -0.4 is 15.3 Å². The molecule has 12 heteroatoms. The predicted octanol–water partition coefficient (Wildman–Crippen LogP) is 6.35. The summed E-state index contributed by atoms with van der Waals surface area (Å²) in [6.07, 6.45) is 2.43. The van der Waals surface area contributed by atoms with Gasteiger partial charge in [-0.25, -0.2) is 14.5 Å². The van der Waals surface area contributed by atoms with E-state index >= 15 is 0 Å². The highest BCUT2D eigenvalue weighted by molar-refractivity contribution is 7.52. The summed E-state index contributed by atoms with van der Waals surface area (Å²) >= 11 is 0. The number of aromatic nitrogens is 3. The van der Waals surface area contributed by atoms with Gasteiger partial charge in [0.25, 0.3) is 0 Å². The molecule has 0 saturated carbocycles. The van der Waals surface area contributed by atoms with Gasteiger partial charge in [0, 0.05) is 12.0 Å². The van der Waals surface area contributed by atoms with Crippen LogP contribution in [0.25, 0.3) is 21.9 Å². The third-order valence-electron chi connectivity index (χ3n) is 7.14. The largest absolute Gasteiger partial charge is 0.465 e. The molecule has 0 spiro atoms. The van der Waals surface area contributed by atoms with Gasteiger partial charge in [0.2, 0.25) is 0 Å². The van der Waals surface area contributed by atoms with Crippen LogP contribution >= 0.6 is 7.75 Å². The van der Waals surface area contributed by atoms with Crippen molar-refractivity contribution in [3.63, 3.8) is 0 Å². The highest BCUT2D eigenvalue weighted by Crippen LogP contribution is 2.47. The Morgan fingerprint density at radius 2 is 1.79 bits per heavy atom. The first-order valence-electron chi connectivity index (χ1n) is 14.7. The normalized spacial score (nSPS) is 15.2. The molecule has 2 heterocycles. The van der Waals surface area contributed by atoms with E-state index in [2.05, 4.69) is 21.6 Å². The summed E-state index contributed by atoms with van der Waals surface area (Å²) in [7, 11) is -4.11. The van der Waals surface area contributed by atoms with E-state index in [1.807, 2.05) is 44.2 Å². The van der Waals surface area contributed by atoms with Crippen molar-refractivity contribution in [2.75, 3.05) is 25.6 Å². The van der Waals surface area contributed by atoms with Gasteiger partial charge >= 0.3 is 13.7 Å². The number of nitrogens with zero attached hydrogens (tertiary/aromatic N) is 3. The number of hydrogen-bond acceptors (Lipinski definition) is 9. The Labute approximate surface area is 252 Å². The number of nitrogens with two attached hydrogens (primary N) is 1. The number of benzene rings is 2. The van der Waals surface area contributed by atoms with E-state index in [4.69, 9.17) is 29.2 Å². The lowest BCUT2D eigenvalue weighted by atomic mass is 9.94. The molecule has 232 valence electrons. The summed E-state index contributed by atoms with van der Waals surface area (Å²) in [6, 6.07) is 15.5. The minimum atomic E-state index is -4.11. The van der Waals surface area contributed by atoms with Gasteiger partial charge in [-0.05, 0) is 52.3 Å². The quantitative estimate of drug-likeness (QED) is 0.109. The van der Waals surface area contributed by atoms with Crippen molar-refractivity contribution in [3.8, 4) is 5.75 Å². The second kappa shape index (κ2) is 14.3. The highest BCUT2D eigenvalue weighted by atomic mass is 31.2. The van der Waals surface area contributed by atoms with Crippen molar-refractivity contribution >= 4 is 41.5 Å². The Morgan fingerprint density at radius 3 is 2.49 bits per heavy atom. The molecule has 4 aromatic rings. The van der Waals surface area contributed by atoms with Gasteiger partial charge in [0.15, 0.2) is 5.82 Å². The van der Waals surface area contributed by atoms with E-state index in [0.29, 0.717) is 35.9 Å². The molecule has 4 rings (SSSR count). The number of rotatable bonds is 16. The van der Waals surface area contributed by atoms with Crippen molar-refractivity contribution in [2.24, 2.45) is 0 Å². The van der Waals surface area contributed by atoms with Crippen LogP contribution in [-0.4, -0.2) is 46.4 Å². The SMILES string of the molecule is CCCC[C@@](C)(CO[P@@](=O)(N[C@@H](C)C(=O)OCC)Oc1ccccc1)n1c(COCC)nc2c(N)nc3ccccc3c21. The topological polar surface area (TPSA) is 140 Å². The van der Waals surface area contributed by atoms with Crippen molar-refractivity contribution in [1.82, 2.24) is 19.6 Å². The molecule has 0 aliphatic carbocycles. The zero-order valence-corrected chi connectivity index (χ0v) is 26.4. The van der Waals surface area contributed by atoms with E-state index in [0.717, 1.165) is 29.3 Å². The van der Waals surface area contributed by atoms with Gasteiger partial charge in [0.1, 0.15) is 29.7 Å². The highest BCUT2D eigenvalue weighted by Gasteiger charge is 2.38. The number of esters is 1. The number of ether oxygens (including phenoxy) is 2. The molecule has 0 fully saturated rings. The summed E-state index contributed by atoms with van der Waals surface area (Å²) < 4.78 is 39.6. The van der Waals surface area contributed by atoms with Crippen LogP contribution in [0.5, 0.6) is 5.75 Å². The summed E-state index contributed by atoms with van der Waals surface area (Å²) in [6.45, 7) is 10.2. The van der Waals surface area contributed by atoms with E-state index in [-0.39, 0.29) is 19.8 Å². The van der Waals surface area contributed by atoms with Crippen LogP contribution in [0.3, 0.4) is 0 Å². The van der Waals surface area contributed by atoms with Crippen LogP contribution in [0.15, 0.2) is 54.6 Å². The van der Waals surface area contributed by atoms with Crippen LogP contribution in [0.1, 0.15) is 59.7 Å². The lowest BCUT2D eigenvalue weighted by Crippen LogP contribution is -2.39. The number of anilines is 1. The molecule has 0 amide bonds. The second-order valence-corrected chi connectivity index (χ2v) is 12.3. The molecule has 11 nitrogen and oxygen atoms in total. The monoisotopic (exact) mass is 611 g/mol. The van der Waals surface area contributed by atoms with Gasteiger partial charge in [-0.15, -0.1) is 0 Å². The standard InChI is InChI=1S/C31H42N5O6P/c1-6-9-19-31(5,21-41-43(38,35-22(4)30(37)40-8-3)42-23-15-11-10-12-16-23)36-26(20-39-7-2)34-27-28(36)24-17-13-14-18-25(24)33-29(27)32/h10-18,22H,6-9,19-21H2,1-5H3,(H2,32,33)(H,35,38)/t22-,31-,43-/m0/s1. The zero-order chi connectivity index (χ0) is 31.0. The van der Waals surface area contributed by atoms with Crippen molar-refractivity contribution in [3.05, 3.63) is 60.4 Å². The summed E-state index contributed by atoms with van der Waals surface area (Å²) in [4.78, 5) is 22.0. The minimum absolute atomic E-state index is 0.0409. The summed E-state index contributed by atoms with van der Waals surface area (Å²) in [5.41, 5.74) is 7.75. The molecule has 0 bridgehead atoms. The van der Waals surface area contributed by atoms with Gasteiger partial charge in [-0.2, -0.15) is 5.09 Å². The molecule has 0 aliphatic heterocycles. The lowest BCUT2D eigenvalue weighted by Gasteiger charge is -2.35. The average molecular weight is 612 g/mol. The van der Waals surface area contributed by atoms with Gasteiger partial charge in [0.05, 0.1) is 29.8 Å². The summed E-state index contributed by atoms with van der Waals surface area (Å²) in [5, 5.41) is 3.66.